The fraction of sp³-hybridized carbons (Fsp3) is 0.714. The molecule has 0 radical (unpaired) electrons. The Morgan fingerprint density at radius 1 is 1.04 bits per heavy atom. The van der Waals surface area contributed by atoms with Gasteiger partial charge in [0.25, 0.3) is 0 Å². The van der Waals surface area contributed by atoms with Gasteiger partial charge in [0.05, 0.1) is 6.54 Å². The van der Waals surface area contributed by atoms with Crippen LogP contribution in [0.15, 0.2) is 16.5 Å². The highest BCUT2D eigenvalue weighted by Gasteiger charge is 2.51. The third-order valence-corrected chi connectivity index (χ3v) is 6.51. The smallest absolute Gasteiger partial charge is 0.220 e. The molecule has 4 bridgehead atoms. The predicted molar refractivity (Wildman–Crippen MR) is 98.2 cm³/mol. The summed E-state index contributed by atoms with van der Waals surface area (Å²) in [5.41, 5.74) is 0.0746. The fourth-order valence-corrected chi connectivity index (χ4v) is 5.89. The van der Waals surface area contributed by atoms with E-state index in [9.17, 15) is 9.59 Å². The molecule has 4 aliphatic carbocycles. The van der Waals surface area contributed by atoms with Crippen molar-refractivity contribution in [3.05, 3.63) is 23.7 Å². The molecule has 1 heterocycles. The van der Waals surface area contributed by atoms with E-state index in [0.717, 1.165) is 29.3 Å². The molecule has 0 spiro atoms. The van der Waals surface area contributed by atoms with Gasteiger partial charge in [-0.15, -0.1) is 0 Å². The minimum atomic E-state index is -0.0262. The molecule has 0 unspecified atom stereocenters. The first-order chi connectivity index (χ1) is 12.5. The third kappa shape index (κ3) is 3.97. The number of aryl methyl sites for hydroxylation is 1. The molecule has 4 aliphatic rings. The molecule has 2 N–H and O–H groups in total. The average Bonchev–Trinajstić information content (AvgIpc) is 2.96. The highest BCUT2D eigenvalue weighted by atomic mass is 16.3. The zero-order chi connectivity index (χ0) is 18.1. The maximum absolute atomic E-state index is 12.4. The van der Waals surface area contributed by atoms with Crippen LogP contribution in [-0.2, 0) is 16.1 Å². The highest BCUT2D eigenvalue weighted by Crippen LogP contribution is 2.55. The quantitative estimate of drug-likeness (QED) is 0.784. The van der Waals surface area contributed by atoms with Crippen molar-refractivity contribution in [2.75, 3.05) is 0 Å². The number of amides is 2. The number of hydrogen-bond donors (Lipinski definition) is 2. The summed E-state index contributed by atoms with van der Waals surface area (Å²) in [6.07, 6.45) is 9.08. The monoisotopic (exact) mass is 358 g/mol. The van der Waals surface area contributed by atoms with Gasteiger partial charge in [-0.25, -0.2) is 0 Å². The minimum absolute atomic E-state index is 0.0262. The molecule has 4 saturated carbocycles. The lowest BCUT2D eigenvalue weighted by Gasteiger charge is -2.56. The zero-order valence-electron chi connectivity index (χ0n) is 15.7. The molecule has 0 atom stereocenters. The molecule has 1 aromatic heterocycles. The van der Waals surface area contributed by atoms with Crippen LogP contribution in [0.1, 0.15) is 69.3 Å². The Morgan fingerprint density at radius 2 is 1.65 bits per heavy atom. The van der Waals surface area contributed by atoms with Crippen LogP contribution in [0.5, 0.6) is 0 Å². The summed E-state index contributed by atoms with van der Waals surface area (Å²) in [5, 5.41) is 6.22. The van der Waals surface area contributed by atoms with Crippen molar-refractivity contribution in [1.82, 2.24) is 10.6 Å². The van der Waals surface area contributed by atoms with E-state index in [1.54, 1.807) is 0 Å². The second-order valence-corrected chi connectivity index (χ2v) is 8.89. The number of carbonyl (C=O) groups is 2. The van der Waals surface area contributed by atoms with Crippen molar-refractivity contribution in [2.45, 2.75) is 76.8 Å². The van der Waals surface area contributed by atoms with Crippen LogP contribution in [0.4, 0.5) is 0 Å². The average molecular weight is 358 g/mol. The Morgan fingerprint density at radius 3 is 2.23 bits per heavy atom. The molecular weight excluding hydrogens is 328 g/mol. The molecular formula is C21H30N2O3. The third-order valence-electron chi connectivity index (χ3n) is 6.51. The fourth-order valence-electron chi connectivity index (χ4n) is 5.89. The first kappa shape index (κ1) is 17.6. The van der Waals surface area contributed by atoms with Gasteiger partial charge in [0.2, 0.25) is 11.8 Å². The van der Waals surface area contributed by atoms with Crippen LogP contribution >= 0.6 is 0 Å². The lowest BCUT2D eigenvalue weighted by atomic mass is 9.53. The van der Waals surface area contributed by atoms with Gasteiger partial charge in [-0.2, -0.15) is 0 Å². The van der Waals surface area contributed by atoms with Crippen LogP contribution in [0.2, 0.25) is 0 Å². The molecule has 5 nitrogen and oxygen atoms in total. The van der Waals surface area contributed by atoms with Gasteiger partial charge in [0.15, 0.2) is 0 Å². The van der Waals surface area contributed by atoms with E-state index < -0.39 is 0 Å². The van der Waals surface area contributed by atoms with Crippen molar-refractivity contribution in [3.8, 4) is 0 Å². The van der Waals surface area contributed by atoms with Gasteiger partial charge >= 0.3 is 0 Å². The number of furan rings is 1. The summed E-state index contributed by atoms with van der Waals surface area (Å²) >= 11 is 0. The van der Waals surface area contributed by atoms with Gasteiger partial charge in [0.1, 0.15) is 11.5 Å². The summed E-state index contributed by atoms with van der Waals surface area (Å²) < 4.78 is 5.43. The Labute approximate surface area is 155 Å². The molecule has 142 valence electrons. The normalized spacial score (nSPS) is 31.8. The van der Waals surface area contributed by atoms with E-state index in [-0.39, 0.29) is 17.4 Å². The van der Waals surface area contributed by atoms with Gasteiger partial charge in [0, 0.05) is 18.4 Å². The molecule has 0 aromatic carbocycles. The van der Waals surface area contributed by atoms with Crippen molar-refractivity contribution in [3.63, 3.8) is 0 Å². The zero-order valence-corrected chi connectivity index (χ0v) is 15.7. The Kier molecular flexibility index (Phi) is 4.80. The minimum Gasteiger partial charge on any atom is -0.465 e. The highest BCUT2D eigenvalue weighted by molar-refractivity contribution is 5.79. The maximum Gasteiger partial charge on any atom is 0.220 e. The van der Waals surface area contributed by atoms with Gasteiger partial charge in [-0.05, 0) is 81.8 Å². The van der Waals surface area contributed by atoms with Crippen molar-refractivity contribution >= 4 is 11.8 Å². The van der Waals surface area contributed by atoms with Crippen LogP contribution in [0, 0.1) is 24.7 Å². The summed E-state index contributed by atoms with van der Waals surface area (Å²) in [6.45, 7) is 2.29. The molecule has 0 aliphatic heterocycles. The van der Waals surface area contributed by atoms with Crippen molar-refractivity contribution in [2.24, 2.45) is 17.8 Å². The van der Waals surface area contributed by atoms with E-state index in [0.29, 0.717) is 25.8 Å². The summed E-state index contributed by atoms with van der Waals surface area (Å²) in [7, 11) is 0. The molecule has 5 rings (SSSR count). The predicted octanol–water partition coefficient (Wildman–Crippen LogP) is 3.46. The Hall–Kier alpha value is -1.78. The first-order valence-electron chi connectivity index (χ1n) is 10.1. The van der Waals surface area contributed by atoms with E-state index in [1.165, 1.54) is 38.5 Å². The second kappa shape index (κ2) is 7.09. The summed E-state index contributed by atoms with van der Waals surface area (Å²) in [5.74, 6) is 4.20. The summed E-state index contributed by atoms with van der Waals surface area (Å²) in [6, 6.07) is 3.75. The molecule has 2 amide bonds. The molecule has 4 fully saturated rings. The van der Waals surface area contributed by atoms with Crippen LogP contribution in [0.3, 0.4) is 0 Å². The van der Waals surface area contributed by atoms with Crippen LogP contribution in [-0.4, -0.2) is 17.4 Å². The molecule has 5 heteroatoms. The van der Waals surface area contributed by atoms with E-state index in [2.05, 4.69) is 10.6 Å². The lowest BCUT2D eigenvalue weighted by Crippen LogP contribution is -2.59. The number of nitrogens with one attached hydrogen (secondary N) is 2. The number of carbonyl (C=O) groups excluding carboxylic acids is 2. The van der Waals surface area contributed by atoms with Gasteiger partial charge < -0.3 is 15.1 Å². The largest absolute Gasteiger partial charge is 0.465 e. The van der Waals surface area contributed by atoms with Crippen LogP contribution < -0.4 is 10.6 Å². The van der Waals surface area contributed by atoms with E-state index >= 15 is 0 Å². The molecule has 26 heavy (non-hydrogen) atoms. The van der Waals surface area contributed by atoms with E-state index in [1.807, 2.05) is 19.1 Å². The second-order valence-electron chi connectivity index (χ2n) is 8.89. The first-order valence-corrected chi connectivity index (χ1v) is 10.1. The SMILES string of the molecule is Cc1ccc(CNC(=O)CCCC(=O)NC23CC4CC(CC(C4)C2)C3)o1. The lowest BCUT2D eigenvalue weighted by molar-refractivity contribution is -0.127. The number of rotatable bonds is 7. The molecule has 0 saturated heterocycles. The van der Waals surface area contributed by atoms with Crippen LogP contribution in [0.25, 0.3) is 0 Å². The Balaban J connectivity index is 1.17. The topological polar surface area (TPSA) is 71.3 Å². The number of hydrogen-bond acceptors (Lipinski definition) is 3. The van der Waals surface area contributed by atoms with Crippen molar-refractivity contribution < 1.29 is 14.0 Å². The molecule has 1 aromatic rings. The summed E-state index contributed by atoms with van der Waals surface area (Å²) in [4.78, 5) is 24.4. The van der Waals surface area contributed by atoms with Gasteiger partial charge in [-0.3, -0.25) is 9.59 Å². The van der Waals surface area contributed by atoms with E-state index in [4.69, 9.17) is 4.42 Å². The van der Waals surface area contributed by atoms with Crippen molar-refractivity contribution in [1.29, 1.82) is 0 Å². The maximum atomic E-state index is 12.4. The van der Waals surface area contributed by atoms with Gasteiger partial charge in [-0.1, -0.05) is 0 Å². The standard InChI is InChI=1S/C21H30N2O3/c1-14-5-6-18(26-14)13-22-19(24)3-2-4-20(25)23-21-10-15-7-16(11-21)9-17(8-15)12-21/h5-6,15-17H,2-4,7-13H2,1H3,(H,22,24)(H,23,25). The Bertz CT molecular complexity index is 643.